The van der Waals surface area contributed by atoms with Crippen molar-refractivity contribution in [2.24, 2.45) is 0 Å². The molecule has 0 bridgehead atoms. The van der Waals surface area contributed by atoms with Crippen LogP contribution in [0, 0.1) is 0 Å². The number of aliphatic hydroxyl groups is 1. The Morgan fingerprint density at radius 3 is 2.60 bits per heavy atom. The molecule has 2 atom stereocenters. The fourth-order valence-corrected chi connectivity index (χ4v) is 4.19. The first-order valence-corrected chi connectivity index (χ1v) is 10.4. The number of unbranched alkanes of at least 4 members (excludes halogenated alkanes) is 1. The molecule has 2 fully saturated rings. The molecule has 3 nitrogen and oxygen atoms in total. The average Bonchev–Trinajstić information content (AvgIpc) is 2.64. The van der Waals surface area contributed by atoms with E-state index in [0.717, 1.165) is 57.1 Å². The maximum Gasteiger partial charge on any atom is 0.234 e. The predicted molar refractivity (Wildman–Crippen MR) is 101 cm³/mol. The van der Waals surface area contributed by atoms with Crippen molar-refractivity contribution in [3.8, 4) is 5.75 Å². The molecule has 140 valence electrons. The molecule has 2 aliphatic carbocycles. The highest BCUT2D eigenvalue weighted by molar-refractivity contribution is 5.34. The van der Waals surface area contributed by atoms with Gasteiger partial charge in [-0.05, 0) is 50.2 Å². The molecule has 2 saturated carbocycles. The van der Waals surface area contributed by atoms with E-state index in [1.807, 2.05) is 12.1 Å². The summed E-state index contributed by atoms with van der Waals surface area (Å²) in [6, 6.07) is 8.16. The van der Waals surface area contributed by atoms with Crippen molar-refractivity contribution in [3.05, 3.63) is 29.8 Å². The van der Waals surface area contributed by atoms with Gasteiger partial charge >= 0.3 is 0 Å². The van der Waals surface area contributed by atoms with Crippen LogP contribution in [-0.4, -0.2) is 23.1 Å². The molecule has 3 heteroatoms. The second-order valence-corrected chi connectivity index (χ2v) is 7.79. The zero-order valence-corrected chi connectivity index (χ0v) is 15.7. The largest absolute Gasteiger partial charge is 0.459 e. The van der Waals surface area contributed by atoms with Gasteiger partial charge in [-0.2, -0.15) is 0 Å². The van der Waals surface area contributed by atoms with Gasteiger partial charge in [0.1, 0.15) is 11.9 Å². The molecule has 2 aliphatic rings. The summed E-state index contributed by atoms with van der Waals surface area (Å²) in [5.41, 5.74) is 1.19. The Labute approximate surface area is 152 Å². The van der Waals surface area contributed by atoms with E-state index >= 15 is 0 Å². The van der Waals surface area contributed by atoms with Gasteiger partial charge in [0, 0.05) is 6.42 Å². The lowest BCUT2D eigenvalue weighted by atomic mass is 9.90. The minimum Gasteiger partial charge on any atom is -0.459 e. The van der Waals surface area contributed by atoms with Crippen molar-refractivity contribution in [3.63, 3.8) is 0 Å². The molecule has 3 rings (SSSR count). The maximum atomic E-state index is 11.3. The molecule has 0 radical (unpaired) electrons. The minimum absolute atomic E-state index is 0.205. The van der Waals surface area contributed by atoms with Crippen LogP contribution < -0.4 is 4.74 Å². The Balaban J connectivity index is 1.71. The molecule has 0 aliphatic heterocycles. The molecule has 1 aromatic carbocycles. The van der Waals surface area contributed by atoms with E-state index in [9.17, 15) is 5.11 Å². The van der Waals surface area contributed by atoms with Crippen LogP contribution in [0.5, 0.6) is 5.75 Å². The predicted octanol–water partition coefficient (Wildman–Crippen LogP) is 5.39. The third kappa shape index (κ3) is 4.98. The monoisotopic (exact) mass is 346 g/mol. The van der Waals surface area contributed by atoms with E-state index in [0.29, 0.717) is 12.5 Å². The van der Waals surface area contributed by atoms with Crippen molar-refractivity contribution in [1.82, 2.24) is 0 Å². The van der Waals surface area contributed by atoms with Gasteiger partial charge in [0.05, 0.1) is 6.10 Å². The first-order chi connectivity index (χ1) is 12.2. The summed E-state index contributed by atoms with van der Waals surface area (Å²) >= 11 is 0. The van der Waals surface area contributed by atoms with Crippen molar-refractivity contribution in [2.45, 2.75) is 102 Å². The normalized spacial score (nSPS) is 28.0. The van der Waals surface area contributed by atoms with Crippen molar-refractivity contribution in [2.75, 3.05) is 0 Å². The van der Waals surface area contributed by atoms with Crippen molar-refractivity contribution in [1.29, 1.82) is 0 Å². The summed E-state index contributed by atoms with van der Waals surface area (Å²) in [7, 11) is 0. The van der Waals surface area contributed by atoms with Crippen LogP contribution in [0.1, 0.15) is 83.1 Å². The summed E-state index contributed by atoms with van der Waals surface area (Å²) in [5.74, 6) is -0.351. The third-order valence-corrected chi connectivity index (χ3v) is 5.72. The van der Waals surface area contributed by atoms with Gasteiger partial charge in [-0.3, -0.25) is 0 Å². The summed E-state index contributed by atoms with van der Waals surface area (Å²) < 4.78 is 12.6. The van der Waals surface area contributed by atoms with Gasteiger partial charge in [0.25, 0.3) is 0 Å². The lowest BCUT2D eigenvalue weighted by molar-refractivity contribution is -0.250. The van der Waals surface area contributed by atoms with E-state index in [2.05, 4.69) is 19.1 Å². The van der Waals surface area contributed by atoms with Crippen LogP contribution in [0.3, 0.4) is 0 Å². The number of hydrogen-bond acceptors (Lipinski definition) is 3. The van der Waals surface area contributed by atoms with E-state index in [1.165, 1.54) is 24.8 Å². The maximum absolute atomic E-state index is 11.3. The Morgan fingerprint density at radius 1 is 1.04 bits per heavy atom. The van der Waals surface area contributed by atoms with Gasteiger partial charge in [-0.15, -0.1) is 0 Å². The molecule has 1 N–H and O–H groups in total. The molecule has 25 heavy (non-hydrogen) atoms. The Bertz CT molecular complexity index is 524. The standard InChI is InChI=1S/C22H34O3/c1-2-3-11-18-12-7-8-15-20(18)25-22(23)17-10-9-16-21(22)24-19-13-5-4-6-14-19/h7-8,12,15,19,21,23H,2-6,9-11,13-14,16-17H2,1H3. The summed E-state index contributed by atoms with van der Waals surface area (Å²) in [6.45, 7) is 2.20. The molecule has 0 spiro atoms. The lowest BCUT2D eigenvalue weighted by Gasteiger charge is -2.41. The first kappa shape index (κ1) is 18.7. The third-order valence-electron chi connectivity index (χ3n) is 5.72. The smallest absolute Gasteiger partial charge is 0.234 e. The number of hydrogen-bond donors (Lipinski definition) is 1. The molecular weight excluding hydrogens is 312 g/mol. The summed E-state index contributed by atoms with van der Waals surface area (Å²) in [6.07, 6.45) is 13.1. The minimum atomic E-state index is -1.18. The number of aryl methyl sites for hydroxylation is 1. The molecule has 0 saturated heterocycles. The van der Waals surface area contributed by atoms with Crippen LogP contribution in [0.15, 0.2) is 24.3 Å². The van der Waals surface area contributed by atoms with E-state index in [-0.39, 0.29) is 6.10 Å². The van der Waals surface area contributed by atoms with Crippen LogP contribution in [0.4, 0.5) is 0 Å². The van der Waals surface area contributed by atoms with Gasteiger partial charge in [-0.1, -0.05) is 57.2 Å². The second kappa shape index (κ2) is 9.05. The fourth-order valence-electron chi connectivity index (χ4n) is 4.19. The van der Waals surface area contributed by atoms with Gasteiger partial charge in [0.2, 0.25) is 5.79 Å². The highest BCUT2D eigenvalue weighted by Crippen LogP contribution is 2.36. The number of ether oxygens (including phenoxy) is 2. The summed E-state index contributed by atoms with van der Waals surface area (Å²) in [4.78, 5) is 0. The Morgan fingerprint density at radius 2 is 1.80 bits per heavy atom. The van der Waals surface area contributed by atoms with Crippen LogP contribution in [0.2, 0.25) is 0 Å². The molecule has 0 aromatic heterocycles. The van der Waals surface area contributed by atoms with Crippen molar-refractivity contribution < 1.29 is 14.6 Å². The first-order valence-electron chi connectivity index (χ1n) is 10.4. The highest BCUT2D eigenvalue weighted by Gasteiger charge is 2.43. The van der Waals surface area contributed by atoms with Crippen LogP contribution in [0.25, 0.3) is 0 Å². The SMILES string of the molecule is CCCCc1ccccc1OC1(O)CCCCC1OC1CCCCC1. The molecular formula is C22H34O3. The molecule has 2 unspecified atom stereocenters. The van der Waals surface area contributed by atoms with Crippen molar-refractivity contribution >= 4 is 0 Å². The topological polar surface area (TPSA) is 38.7 Å². The van der Waals surface area contributed by atoms with Crippen LogP contribution >= 0.6 is 0 Å². The van der Waals surface area contributed by atoms with Crippen LogP contribution in [-0.2, 0) is 11.2 Å². The molecule has 0 heterocycles. The second-order valence-electron chi connectivity index (χ2n) is 7.79. The van der Waals surface area contributed by atoms with Gasteiger partial charge in [-0.25, -0.2) is 0 Å². The Hall–Kier alpha value is -1.06. The van der Waals surface area contributed by atoms with Gasteiger partial charge < -0.3 is 14.6 Å². The average molecular weight is 347 g/mol. The quantitative estimate of drug-likeness (QED) is 0.673. The Kier molecular flexibility index (Phi) is 6.77. The molecule has 1 aromatic rings. The highest BCUT2D eigenvalue weighted by atomic mass is 16.7. The zero-order chi connectivity index (χ0) is 17.5. The zero-order valence-electron chi connectivity index (χ0n) is 15.7. The van der Waals surface area contributed by atoms with E-state index < -0.39 is 5.79 Å². The number of rotatable bonds is 7. The lowest BCUT2D eigenvalue weighted by Crippen LogP contribution is -2.52. The fraction of sp³-hybridized carbons (Fsp3) is 0.727. The molecule has 0 amide bonds. The van der Waals surface area contributed by atoms with E-state index in [1.54, 1.807) is 0 Å². The van der Waals surface area contributed by atoms with E-state index in [4.69, 9.17) is 9.47 Å². The van der Waals surface area contributed by atoms with Gasteiger partial charge in [0.15, 0.2) is 0 Å². The number of benzene rings is 1. The number of para-hydroxylation sites is 1. The summed E-state index contributed by atoms with van der Waals surface area (Å²) in [5, 5.41) is 11.3.